The summed E-state index contributed by atoms with van der Waals surface area (Å²) in [6.07, 6.45) is 0.320. The first-order chi connectivity index (χ1) is 8.13. The Labute approximate surface area is 92.7 Å². The van der Waals surface area contributed by atoms with Gasteiger partial charge in [0.25, 0.3) is 0 Å². The van der Waals surface area contributed by atoms with Crippen LogP contribution in [0.5, 0.6) is 0 Å². The van der Waals surface area contributed by atoms with Gasteiger partial charge in [-0.25, -0.2) is 4.79 Å². The fourth-order valence-corrected chi connectivity index (χ4v) is 1.19. The normalized spacial score (nSPS) is 10.7. The Morgan fingerprint density at radius 3 is 2.87 bits per heavy atom. The van der Waals surface area contributed by atoms with Crippen molar-refractivity contribution in [2.75, 3.05) is 6.61 Å². The van der Waals surface area contributed by atoms with Crippen LogP contribution in [0, 0.1) is 0 Å². The van der Waals surface area contributed by atoms with Crippen LogP contribution < -0.4 is 0 Å². The second-order valence-electron chi connectivity index (χ2n) is 2.99. The Morgan fingerprint density at radius 2 is 2.27 bits per heavy atom. The van der Waals surface area contributed by atoms with Crippen LogP contribution in [-0.4, -0.2) is 12.6 Å². The number of carbonyl (C=O) groups is 1. The highest BCUT2D eigenvalue weighted by atomic mass is 16.5. The van der Waals surface area contributed by atoms with Crippen molar-refractivity contribution < 1.29 is 12.3 Å². The van der Waals surface area contributed by atoms with E-state index >= 15 is 0 Å². The predicted molar refractivity (Wildman–Crippen MR) is 59.4 cm³/mol. The second kappa shape index (κ2) is 5.84. The quantitative estimate of drug-likeness (QED) is 0.428. The molecule has 0 aliphatic rings. The number of rotatable bonds is 4. The number of ether oxygens (including phenoxy) is 1. The van der Waals surface area contributed by atoms with Crippen molar-refractivity contribution >= 4 is 5.97 Å². The first-order valence-corrected chi connectivity index (χ1v) is 4.77. The molecule has 0 bridgehead atoms. The summed E-state index contributed by atoms with van der Waals surface area (Å²) in [5.41, 5.74) is 3.53. The second-order valence-corrected chi connectivity index (χ2v) is 2.99. The van der Waals surface area contributed by atoms with E-state index in [1.54, 1.807) is 6.92 Å². The Morgan fingerprint density at radius 1 is 1.53 bits per heavy atom. The lowest BCUT2D eigenvalue weighted by Crippen LogP contribution is -2.09. The standard InChI is InChI=1S/C13H14O2/c1-3-12(13(14)15-4-2)10-11-8-6-5-7-9-11/h5-9H,1,4,10H2,2H3/i1D2. The molecule has 0 aliphatic carbocycles. The van der Waals surface area contributed by atoms with E-state index in [2.05, 4.69) is 5.73 Å². The van der Waals surface area contributed by atoms with Crippen LogP contribution in [0.25, 0.3) is 0 Å². The summed E-state index contributed by atoms with van der Waals surface area (Å²) in [4.78, 5) is 11.6. The molecule has 0 unspecified atom stereocenters. The van der Waals surface area contributed by atoms with Crippen molar-refractivity contribution in [3.8, 4) is 0 Å². The maximum atomic E-state index is 11.6. The Kier molecular flexibility index (Phi) is 3.31. The summed E-state index contributed by atoms with van der Waals surface area (Å²) in [6, 6.07) is 9.35. The fraction of sp³-hybridized carbons (Fsp3) is 0.231. The molecular formula is C13H14O2. The number of hydrogen-bond acceptors (Lipinski definition) is 2. The van der Waals surface area contributed by atoms with Gasteiger partial charge in [0, 0.05) is 6.42 Å². The number of esters is 1. The van der Waals surface area contributed by atoms with E-state index in [0.29, 0.717) is 6.42 Å². The summed E-state index contributed by atoms with van der Waals surface area (Å²) in [5.74, 6) is -0.520. The van der Waals surface area contributed by atoms with Crippen molar-refractivity contribution in [1.29, 1.82) is 0 Å². The van der Waals surface area contributed by atoms with Crippen LogP contribution in [0.4, 0.5) is 0 Å². The van der Waals surface area contributed by atoms with Gasteiger partial charge in [0.15, 0.2) is 0 Å². The molecule has 1 aromatic carbocycles. The Hall–Kier alpha value is -1.79. The molecule has 1 aromatic rings. The van der Waals surface area contributed by atoms with Crippen molar-refractivity contribution in [2.45, 2.75) is 13.3 Å². The number of benzene rings is 1. The van der Waals surface area contributed by atoms with Crippen molar-refractivity contribution in [1.82, 2.24) is 0 Å². The Balaban J connectivity index is 2.94. The van der Waals surface area contributed by atoms with Crippen LogP contribution in [0.1, 0.15) is 15.2 Å². The molecule has 0 aromatic heterocycles. The molecule has 0 saturated heterocycles. The van der Waals surface area contributed by atoms with Crippen molar-refractivity contribution in [3.05, 3.63) is 53.7 Å². The average Bonchev–Trinajstić information content (AvgIpc) is 2.29. The molecule has 1 rings (SSSR count). The monoisotopic (exact) mass is 204 g/mol. The van der Waals surface area contributed by atoms with E-state index in [1.807, 2.05) is 30.3 Å². The maximum Gasteiger partial charge on any atom is 0.342 e. The van der Waals surface area contributed by atoms with Crippen LogP contribution >= 0.6 is 0 Å². The van der Waals surface area contributed by atoms with Gasteiger partial charge in [0.2, 0.25) is 0 Å². The zero-order chi connectivity index (χ0) is 12.7. The first kappa shape index (κ1) is 8.51. The van der Waals surface area contributed by atoms with Gasteiger partial charge in [0.1, 0.15) is 0 Å². The van der Waals surface area contributed by atoms with Crippen LogP contribution in [0.2, 0.25) is 0 Å². The molecule has 0 atom stereocenters. The molecule has 0 heterocycles. The fourth-order valence-electron chi connectivity index (χ4n) is 1.19. The lowest BCUT2D eigenvalue weighted by atomic mass is 10.1. The molecule has 78 valence electrons. The van der Waals surface area contributed by atoms with E-state index in [4.69, 9.17) is 7.48 Å². The van der Waals surface area contributed by atoms with Gasteiger partial charge in [-0.1, -0.05) is 36.9 Å². The minimum atomic E-state index is -0.524. The van der Waals surface area contributed by atoms with Gasteiger partial charge < -0.3 is 4.74 Å². The maximum absolute atomic E-state index is 11.6. The van der Waals surface area contributed by atoms with Gasteiger partial charge in [-0.15, -0.1) is 5.73 Å². The minimum absolute atomic E-state index is 0.207. The summed E-state index contributed by atoms with van der Waals surface area (Å²) in [5, 5.41) is 0. The zero-order valence-corrected chi connectivity index (χ0v) is 8.62. The summed E-state index contributed by atoms with van der Waals surface area (Å²) >= 11 is 0. The van der Waals surface area contributed by atoms with E-state index in [9.17, 15) is 4.79 Å². The highest BCUT2D eigenvalue weighted by molar-refractivity contribution is 5.88. The van der Waals surface area contributed by atoms with Crippen molar-refractivity contribution in [2.24, 2.45) is 0 Å². The van der Waals surface area contributed by atoms with E-state index in [1.165, 1.54) is 0 Å². The van der Waals surface area contributed by atoms with Gasteiger partial charge in [0.05, 0.1) is 14.9 Å². The molecule has 0 aliphatic heterocycles. The largest absolute Gasteiger partial charge is 0.462 e. The number of carbonyl (C=O) groups excluding carboxylic acids is 1. The molecule has 0 saturated carbocycles. The smallest absolute Gasteiger partial charge is 0.342 e. The average molecular weight is 204 g/mol. The molecule has 2 nitrogen and oxygen atoms in total. The van der Waals surface area contributed by atoms with E-state index < -0.39 is 12.5 Å². The molecule has 15 heavy (non-hydrogen) atoms. The van der Waals surface area contributed by atoms with Crippen LogP contribution in [0.3, 0.4) is 0 Å². The molecule has 0 radical (unpaired) electrons. The Bertz CT molecular complexity index is 442. The topological polar surface area (TPSA) is 26.3 Å². The van der Waals surface area contributed by atoms with Gasteiger partial charge in [-0.05, 0) is 12.5 Å². The van der Waals surface area contributed by atoms with Crippen molar-refractivity contribution in [3.63, 3.8) is 0 Å². The predicted octanol–water partition coefficient (Wildman–Crippen LogP) is 2.50. The van der Waals surface area contributed by atoms with Gasteiger partial charge in [-0.2, -0.15) is 0 Å². The third kappa shape index (κ3) is 3.45. The molecule has 0 spiro atoms. The third-order valence-electron chi connectivity index (χ3n) is 1.90. The molecule has 2 heteroatoms. The molecule has 0 N–H and O–H groups in total. The first-order valence-electron chi connectivity index (χ1n) is 5.77. The summed E-state index contributed by atoms with van der Waals surface area (Å²) < 4.78 is 18.9. The summed E-state index contributed by atoms with van der Waals surface area (Å²) in [6.45, 7) is 1.46. The van der Waals surface area contributed by atoms with Gasteiger partial charge in [-0.3, -0.25) is 0 Å². The van der Waals surface area contributed by atoms with Crippen LogP contribution in [0.15, 0.2) is 48.2 Å². The van der Waals surface area contributed by atoms with Gasteiger partial charge >= 0.3 is 5.97 Å². The number of hydrogen-bond donors (Lipinski definition) is 0. The highest BCUT2D eigenvalue weighted by Gasteiger charge is 2.09. The highest BCUT2D eigenvalue weighted by Crippen LogP contribution is 2.08. The SMILES string of the molecule is [2H]C([2H])=C=C(Cc1ccccc1)C(=O)OCC. The third-order valence-corrected chi connectivity index (χ3v) is 1.90. The lowest BCUT2D eigenvalue weighted by molar-refractivity contribution is -0.138. The van der Waals surface area contributed by atoms with E-state index in [-0.39, 0.29) is 12.2 Å². The zero-order valence-electron chi connectivity index (χ0n) is 10.6. The minimum Gasteiger partial charge on any atom is -0.462 e. The molecule has 0 amide bonds. The molecular weight excluding hydrogens is 188 g/mol. The van der Waals surface area contributed by atoms with E-state index in [0.717, 1.165) is 5.56 Å². The molecule has 0 fully saturated rings. The van der Waals surface area contributed by atoms with Crippen LogP contribution in [-0.2, 0) is 16.0 Å². The lowest BCUT2D eigenvalue weighted by Gasteiger charge is -2.04. The summed E-state index contributed by atoms with van der Waals surface area (Å²) in [7, 11) is 0.